The zero-order valence-corrected chi connectivity index (χ0v) is 16.5. The molecule has 146 valence electrons. The van der Waals surface area contributed by atoms with Crippen LogP contribution in [0.3, 0.4) is 0 Å². The number of benzene rings is 1. The molecular formula is C22H26N4O2. The first kappa shape index (κ1) is 19.6. The monoisotopic (exact) mass is 378 g/mol. The molecule has 0 saturated heterocycles. The first-order valence-corrected chi connectivity index (χ1v) is 9.41. The molecule has 0 aliphatic heterocycles. The Balaban J connectivity index is 1.91. The van der Waals surface area contributed by atoms with Gasteiger partial charge >= 0.3 is 5.97 Å². The number of carboxylic acids is 1. The minimum atomic E-state index is -0.787. The molecule has 2 N–H and O–H groups in total. The van der Waals surface area contributed by atoms with Crippen molar-refractivity contribution in [3.8, 4) is 16.9 Å². The Bertz CT molecular complexity index is 925. The third-order valence-corrected chi connectivity index (χ3v) is 4.54. The van der Waals surface area contributed by atoms with Gasteiger partial charge in [-0.1, -0.05) is 32.9 Å². The molecule has 0 unspecified atom stereocenters. The summed E-state index contributed by atoms with van der Waals surface area (Å²) in [5, 5.41) is 16.9. The minimum Gasteiger partial charge on any atom is -0.481 e. The molecule has 0 spiro atoms. The second kappa shape index (κ2) is 8.25. The number of pyridine rings is 1. The molecule has 0 saturated carbocycles. The predicted molar refractivity (Wildman–Crippen MR) is 111 cm³/mol. The van der Waals surface area contributed by atoms with E-state index in [0.29, 0.717) is 13.0 Å². The standard InChI is InChI=1S/C22H26N4O2/c1-22(2,3)17-6-8-18(9-7-17)26-20(24-12-4-5-21(27)28)15-19(25-26)16-10-13-23-14-11-16/h6-11,13-15,24H,4-5,12H2,1-3H3,(H,27,28). The predicted octanol–water partition coefficient (Wildman–Crippen LogP) is 4.51. The number of aliphatic carboxylic acids is 1. The maximum Gasteiger partial charge on any atom is 0.303 e. The van der Waals surface area contributed by atoms with Crippen molar-refractivity contribution in [2.75, 3.05) is 11.9 Å². The summed E-state index contributed by atoms with van der Waals surface area (Å²) in [7, 11) is 0. The van der Waals surface area contributed by atoms with Gasteiger partial charge in [0, 0.05) is 37.0 Å². The molecule has 2 aromatic heterocycles. The van der Waals surface area contributed by atoms with Crippen LogP contribution >= 0.6 is 0 Å². The molecule has 2 heterocycles. The lowest BCUT2D eigenvalue weighted by Crippen LogP contribution is -2.12. The summed E-state index contributed by atoms with van der Waals surface area (Å²) < 4.78 is 1.86. The fraction of sp³-hybridized carbons (Fsp3) is 0.318. The highest BCUT2D eigenvalue weighted by atomic mass is 16.4. The summed E-state index contributed by atoms with van der Waals surface area (Å²) in [6.07, 6.45) is 4.17. The smallest absolute Gasteiger partial charge is 0.303 e. The zero-order chi connectivity index (χ0) is 20.1. The number of nitrogens with zero attached hydrogens (tertiary/aromatic N) is 3. The molecular weight excluding hydrogens is 352 g/mol. The van der Waals surface area contributed by atoms with Crippen molar-refractivity contribution in [2.45, 2.75) is 39.0 Å². The molecule has 3 rings (SSSR count). The topological polar surface area (TPSA) is 80.0 Å². The van der Waals surface area contributed by atoms with Gasteiger partial charge in [-0.05, 0) is 41.7 Å². The lowest BCUT2D eigenvalue weighted by atomic mass is 9.87. The molecule has 6 heteroatoms. The SMILES string of the molecule is CC(C)(C)c1ccc(-n2nc(-c3ccncc3)cc2NCCCC(=O)O)cc1. The summed E-state index contributed by atoms with van der Waals surface area (Å²) in [5.74, 6) is 0.0475. The van der Waals surface area contributed by atoms with E-state index in [2.05, 4.69) is 55.3 Å². The van der Waals surface area contributed by atoms with Gasteiger partial charge in [0.15, 0.2) is 0 Å². The minimum absolute atomic E-state index is 0.0861. The Morgan fingerprint density at radius 3 is 2.39 bits per heavy atom. The number of hydrogen-bond donors (Lipinski definition) is 2. The molecule has 0 radical (unpaired) electrons. The van der Waals surface area contributed by atoms with Crippen LogP contribution in [0.1, 0.15) is 39.2 Å². The fourth-order valence-corrected chi connectivity index (χ4v) is 2.93. The van der Waals surface area contributed by atoms with Crippen molar-refractivity contribution in [1.29, 1.82) is 0 Å². The Morgan fingerprint density at radius 1 is 1.11 bits per heavy atom. The zero-order valence-electron chi connectivity index (χ0n) is 16.5. The quantitative estimate of drug-likeness (QED) is 0.591. The maximum absolute atomic E-state index is 10.7. The Hall–Kier alpha value is -3.15. The van der Waals surface area contributed by atoms with E-state index in [1.54, 1.807) is 12.4 Å². The molecule has 0 fully saturated rings. The van der Waals surface area contributed by atoms with Gasteiger partial charge in [0.25, 0.3) is 0 Å². The van der Waals surface area contributed by atoms with E-state index < -0.39 is 5.97 Å². The second-order valence-electron chi connectivity index (χ2n) is 7.78. The van der Waals surface area contributed by atoms with Crippen molar-refractivity contribution in [3.63, 3.8) is 0 Å². The van der Waals surface area contributed by atoms with Gasteiger partial charge in [-0.3, -0.25) is 9.78 Å². The molecule has 0 aliphatic rings. The van der Waals surface area contributed by atoms with Gasteiger partial charge in [0.1, 0.15) is 5.82 Å². The van der Waals surface area contributed by atoms with Crippen LogP contribution < -0.4 is 5.32 Å². The Morgan fingerprint density at radius 2 is 1.79 bits per heavy atom. The average molecular weight is 378 g/mol. The average Bonchev–Trinajstić information content (AvgIpc) is 3.09. The van der Waals surface area contributed by atoms with E-state index in [4.69, 9.17) is 10.2 Å². The van der Waals surface area contributed by atoms with Crippen molar-refractivity contribution in [1.82, 2.24) is 14.8 Å². The van der Waals surface area contributed by atoms with Gasteiger partial charge < -0.3 is 10.4 Å². The number of carboxylic acid groups (broad SMARTS) is 1. The van der Waals surface area contributed by atoms with E-state index in [1.807, 2.05) is 22.9 Å². The summed E-state index contributed by atoms with van der Waals surface area (Å²) in [5.41, 5.74) is 4.11. The van der Waals surface area contributed by atoms with Gasteiger partial charge in [-0.15, -0.1) is 0 Å². The number of carbonyl (C=O) groups is 1. The van der Waals surface area contributed by atoms with E-state index >= 15 is 0 Å². The highest BCUT2D eigenvalue weighted by molar-refractivity contribution is 5.67. The number of hydrogen-bond acceptors (Lipinski definition) is 4. The van der Waals surface area contributed by atoms with Gasteiger partial charge in [0.2, 0.25) is 0 Å². The Labute approximate surface area is 165 Å². The normalized spacial score (nSPS) is 11.4. The number of rotatable bonds is 7. The van der Waals surface area contributed by atoms with E-state index in [9.17, 15) is 4.79 Å². The third kappa shape index (κ3) is 4.76. The summed E-state index contributed by atoms with van der Waals surface area (Å²) in [6.45, 7) is 7.13. The van der Waals surface area contributed by atoms with Crippen LogP contribution in [-0.2, 0) is 10.2 Å². The molecule has 28 heavy (non-hydrogen) atoms. The molecule has 0 amide bonds. The van der Waals surface area contributed by atoms with E-state index in [-0.39, 0.29) is 11.8 Å². The number of aromatic nitrogens is 3. The number of anilines is 1. The molecule has 1 aromatic carbocycles. The van der Waals surface area contributed by atoms with Crippen LogP contribution in [0.15, 0.2) is 54.9 Å². The van der Waals surface area contributed by atoms with E-state index in [1.165, 1.54) is 5.56 Å². The molecule has 3 aromatic rings. The molecule has 6 nitrogen and oxygen atoms in total. The first-order valence-electron chi connectivity index (χ1n) is 9.41. The van der Waals surface area contributed by atoms with E-state index in [0.717, 1.165) is 22.8 Å². The largest absolute Gasteiger partial charge is 0.481 e. The van der Waals surface area contributed by atoms with Crippen LogP contribution in [0.4, 0.5) is 5.82 Å². The van der Waals surface area contributed by atoms with Gasteiger partial charge in [-0.25, -0.2) is 4.68 Å². The Kier molecular flexibility index (Phi) is 5.78. The lowest BCUT2D eigenvalue weighted by Gasteiger charge is -2.19. The van der Waals surface area contributed by atoms with Crippen LogP contribution in [0.2, 0.25) is 0 Å². The number of nitrogens with one attached hydrogen (secondary N) is 1. The van der Waals surface area contributed by atoms with Crippen LogP contribution in [0.5, 0.6) is 0 Å². The summed E-state index contributed by atoms with van der Waals surface area (Å²) >= 11 is 0. The van der Waals surface area contributed by atoms with Crippen molar-refractivity contribution < 1.29 is 9.90 Å². The van der Waals surface area contributed by atoms with Crippen LogP contribution in [-0.4, -0.2) is 32.4 Å². The lowest BCUT2D eigenvalue weighted by molar-refractivity contribution is -0.137. The second-order valence-corrected chi connectivity index (χ2v) is 7.78. The molecule has 0 aliphatic carbocycles. The van der Waals surface area contributed by atoms with Crippen molar-refractivity contribution in [2.24, 2.45) is 0 Å². The van der Waals surface area contributed by atoms with Crippen LogP contribution in [0.25, 0.3) is 16.9 Å². The maximum atomic E-state index is 10.7. The molecule has 0 atom stereocenters. The van der Waals surface area contributed by atoms with Gasteiger partial charge in [0.05, 0.1) is 11.4 Å². The highest BCUT2D eigenvalue weighted by Gasteiger charge is 2.15. The first-order chi connectivity index (χ1) is 13.3. The fourth-order valence-electron chi connectivity index (χ4n) is 2.93. The summed E-state index contributed by atoms with van der Waals surface area (Å²) in [4.78, 5) is 14.8. The molecule has 0 bridgehead atoms. The van der Waals surface area contributed by atoms with Crippen LogP contribution in [0, 0.1) is 0 Å². The summed E-state index contributed by atoms with van der Waals surface area (Å²) in [6, 6.07) is 14.2. The highest BCUT2D eigenvalue weighted by Crippen LogP contribution is 2.27. The van der Waals surface area contributed by atoms with Crippen molar-refractivity contribution >= 4 is 11.8 Å². The van der Waals surface area contributed by atoms with Crippen molar-refractivity contribution in [3.05, 3.63) is 60.4 Å². The van der Waals surface area contributed by atoms with Gasteiger partial charge in [-0.2, -0.15) is 5.10 Å². The third-order valence-electron chi connectivity index (χ3n) is 4.54.